The fraction of sp³-hybridized carbons (Fsp3) is 0.381. The van der Waals surface area contributed by atoms with Crippen LogP contribution in [0.5, 0.6) is 0 Å². The topological polar surface area (TPSA) is 214 Å². The van der Waals surface area contributed by atoms with Crippen LogP contribution in [0.1, 0.15) is 70.1 Å². The van der Waals surface area contributed by atoms with Crippen molar-refractivity contribution in [2.45, 2.75) is 80.6 Å². The maximum Gasteiger partial charge on any atom is 0.303 e. The molecule has 15 nitrogen and oxygen atoms in total. The Balaban J connectivity index is 1.34. The molecule has 17 heteroatoms. The zero-order valence-corrected chi connectivity index (χ0v) is 35.0. The molecule has 0 saturated carbocycles. The van der Waals surface area contributed by atoms with Gasteiger partial charge in [-0.25, -0.2) is 0 Å². The molecule has 0 aliphatic carbocycles. The van der Waals surface area contributed by atoms with Crippen molar-refractivity contribution < 1.29 is 54.8 Å². The Morgan fingerprint density at radius 2 is 1.46 bits per heavy atom. The maximum absolute atomic E-state index is 12.1. The molecular weight excluding hydrogens is 803 g/mol. The van der Waals surface area contributed by atoms with E-state index in [9.17, 15) is 40.8 Å². The van der Waals surface area contributed by atoms with Crippen molar-refractivity contribution in [2.24, 2.45) is 0 Å². The maximum atomic E-state index is 12.1. The molecule has 2 heterocycles. The highest BCUT2D eigenvalue weighted by Gasteiger charge is 2.45. The van der Waals surface area contributed by atoms with E-state index in [4.69, 9.17) is 14.6 Å². The van der Waals surface area contributed by atoms with Crippen molar-refractivity contribution in [1.82, 2.24) is 0 Å². The summed E-state index contributed by atoms with van der Waals surface area (Å²) in [6, 6.07) is 15.2. The number of fused-ring (bicyclic) bond motifs is 2. The lowest BCUT2D eigenvalue weighted by molar-refractivity contribution is -0.442. The summed E-state index contributed by atoms with van der Waals surface area (Å²) in [5.74, 6) is -0.850. The number of benzene rings is 3. The fourth-order valence-corrected chi connectivity index (χ4v) is 8.49. The molecule has 0 spiro atoms. The zero-order chi connectivity index (χ0) is 43.2. The lowest BCUT2D eigenvalue weighted by Crippen LogP contribution is -2.29. The van der Waals surface area contributed by atoms with Crippen molar-refractivity contribution in [2.75, 3.05) is 37.8 Å². The second-order valence-corrected chi connectivity index (χ2v) is 18.2. The second kappa shape index (κ2) is 18.5. The number of unbranched alkanes of at least 4 members (excludes halogenated alkanes) is 2. The van der Waals surface area contributed by atoms with Crippen LogP contribution in [0.4, 0.5) is 17.1 Å². The van der Waals surface area contributed by atoms with Gasteiger partial charge in [-0.2, -0.15) is 21.4 Å². The molecule has 0 saturated heterocycles. The number of nitrogens with zero attached hydrogens (tertiary/aromatic N) is 3. The first-order chi connectivity index (χ1) is 27.7. The highest BCUT2D eigenvalue weighted by molar-refractivity contribution is 7.86. The molecule has 5 rings (SSSR count). The van der Waals surface area contributed by atoms with Crippen LogP contribution in [0, 0.1) is 10.1 Å². The first kappa shape index (κ1) is 45.1. The Bertz CT molecular complexity index is 2420. The summed E-state index contributed by atoms with van der Waals surface area (Å²) in [5, 5.41) is 20.0. The van der Waals surface area contributed by atoms with Gasteiger partial charge >= 0.3 is 5.97 Å². The van der Waals surface area contributed by atoms with E-state index in [1.54, 1.807) is 24.3 Å². The number of anilines is 1. The monoisotopic (exact) mass is 852 g/mol. The first-order valence-corrected chi connectivity index (χ1v) is 21.9. The quantitative estimate of drug-likeness (QED) is 0.0258. The van der Waals surface area contributed by atoms with Gasteiger partial charge in [0.25, 0.3) is 25.9 Å². The van der Waals surface area contributed by atoms with Gasteiger partial charge in [-0.3, -0.25) is 24.0 Å². The number of hydrogen-bond acceptors (Lipinski definition) is 10. The molecule has 0 amide bonds. The predicted molar refractivity (Wildman–Crippen MR) is 222 cm³/mol. The summed E-state index contributed by atoms with van der Waals surface area (Å²) < 4.78 is 81.4. The SMILES string of the molecule is CC1(C)C(/C=C/C=C/C=C2/N(CCCCCC(=O)O)c3ccc(S(=O)(=O)O)cc3C2(C)C)=[N+](CCOCCOCc2ccc([N+](=O)[O-])cc2)c2ccc(S(=O)(=O)O)cc21. The van der Waals surface area contributed by atoms with Gasteiger partial charge in [-0.15, -0.1) is 0 Å². The van der Waals surface area contributed by atoms with E-state index in [0.29, 0.717) is 51.1 Å². The summed E-state index contributed by atoms with van der Waals surface area (Å²) in [6.07, 6.45) is 11.5. The number of hydrogen-bond donors (Lipinski definition) is 3. The Morgan fingerprint density at radius 1 is 0.814 bits per heavy atom. The van der Waals surface area contributed by atoms with Crippen LogP contribution in [-0.4, -0.2) is 85.1 Å². The van der Waals surface area contributed by atoms with Gasteiger partial charge < -0.3 is 19.5 Å². The molecule has 0 fully saturated rings. The van der Waals surface area contributed by atoms with Crippen LogP contribution in [0.3, 0.4) is 0 Å². The molecule has 59 heavy (non-hydrogen) atoms. The van der Waals surface area contributed by atoms with E-state index in [-0.39, 0.29) is 35.1 Å². The minimum atomic E-state index is -4.46. The third-order valence-electron chi connectivity index (χ3n) is 10.6. The van der Waals surface area contributed by atoms with Crippen LogP contribution >= 0.6 is 0 Å². The van der Waals surface area contributed by atoms with Crippen LogP contribution in [0.2, 0.25) is 0 Å². The molecule has 0 atom stereocenters. The van der Waals surface area contributed by atoms with Gasteiger partial charge in [-0.1, -0.05) is 38.5 Å². The van der Waals surface area contributed by atoms with Gasteiger partial charge in [0.15, 0.2) is 12.3 Å². The number of aliphatic carboxylic acids is 1. The Morgan fingerprint density at radius 3 is 2.10 bits per heavy atom. The van der Waals surface area contributed by atoms with E-state index in [2.05, 4.69) is 4.90 Å². The first-order valence-electron chi connectivity index (χ1n) is 19.1. The van der Waals surface area contributed by atoms with Gasteiger partial charge in [0, 0.05) is 59.6 Å². The van der Waals surface area contributed by atoms with Gasteiger partial charge in [0.2, 0.25) is 5.69 Å². The third kappa shape index (κ3) is 10.8. The highest BCUT2D eigenvalue weighted by Crippen LogP contribution is 2.48. The van der Waals surface area contributed by atoms with Crippen LogP contribution in [0.25, 0.3) is 0 Å². The summed E-state index contributed by atoms with van der Waals surface area (Å²) in [6.45, 7) is 10.0. The van der Waals surface area contributed by atoms with Crippen LogP contribution in [-0.2, 0) is 51.9 Å². The van der Waals surface area contributed by atoms with E-state index in [0.717, 1.165) is 33.9 Å². The van der Waals surface area contributed by atoms with Crippen molar-refractivity contribution in [1.29, 1.82) is 0 Å². The molecule has 2 aliphatic heterocycles. The molecular formula is C42H50N3O12S2+. The van der Waals surface area contributed by atoms with E-state index >= 15 is 0 Å². The van der Waals surface area contributed by atoms with Crippen molar-refractivity contribution in [3.8, 4) is 0 Å². The Hall–Kier alpha value is -5.04. The Kier molecular flexibility index (Phi) is 14.1. The second-order valence-electron chi connectivity index (χ2n) is 15.3. The van der Waals surface area contributed by atoms with Crippen LogP contribution < -0.4 is 4.90 Å². The average Bonchev–Trinajstić information content (AvgIpc) is 3.50. The number of non-ortho nitro benzene ring substituents is 1. The standard InChI is InChI=1S/C42H49N3O12S2/c1-41(2)34-27-32(58(50,51)52)18-20-36(34)43(22-10-6-9-13-40(46)47)38(41)11-7-5-8-12-39-42(3,4)35-28-33(59(53,54)55)19-21-37(35)44(39)23-24-56-25-26-57-29-30-14-16-31(17-15-30)45(48)49/h5,7-8,11-12,14-21,27-28H,6,9-10,13,22-26,29H2,1-4H3,(H2-,46,47,50,51,52,53,54,55)/p+1. The number of carboxylic acid groups (broad SMARTS) is 1. The fourth-order valence-electron chi connectivity index (χ4n) is 7.47. The van der Waals surface area contributed by atoms with E-state index in [1.165, 1.54) is 36.4 Å². The lowest BCUT2D eigenvalue weighted by atomic mass is 9.81. The molecule has 0 bridgehead atoms. The van der Waals surface area contributed by atoms with Crippen molar-refractivity contribution in [3.05, 3.63) is 124 Å². The summed E-state index contributed by atoms with van der Waals surface area (Å²) in [5.41, 5.74) is 4.21. The number of carbonyl (C=O) groups is 1. The number of carboxylic acids is 1. The summed E-state index contributed by atoms with van der Waals surface area (Å²) in [7, 11) is -8.89. The molecule has 3 N–H and O–H groups in total. The molecule has 0 radical (unpaired) electrons. The van der Waals surface area contributed by atoms with E-state index < -0.39 is 42.0 Å². The van der Waals surface area contributed by atoms with Gasteiger partial charge in [0.05, 0.1) is 39.9 Å². The molecule has 0 unspecified atom stereocenters. The third-order valence-corrected chi connectivity index (χ3v) is 12.3. The smallest absolute Gasteiger partial charge is 0.303 e. The van der Waals surface area contributed by atoms with Crippen LogP contribution in [0.15, 0.2) is 107 Å². The minimum Gasteiger partial charge on any atom is -0.481 e. The van der Waals surface area contributed by atoms with Gasteiger partial charge in [-0.05, 0) is 86.4 Å². The lowest BCUT2D eigenvalue weighted by Gasteiger charge is -2.27. The molecule has 0 aromatic heterocycles. The normalized spacial score (nSPS) is 16.7. The molecule has 2 aliphatic rings. The number of nitro groups is 1. The molecule has 3 aromatic carbocycles. The number of rotatable bonds is 20. The largest absolute Gasteiger partial charge is 0.481 e. The molecule has 3 aromatic rings. The van der Waals surface area contributed by atoms with Crippen molar-refractivity contribution in [3.63, 3.8) is 0 Å². The average molecular weight is 853 g/mol. The number of ether oxygens (including phenoxy) is 2. The predicted octanol–water partition coefficient (Wildman–Crippen LogP) is 7.14. The summed E-state index contributed by atoms with van der Waals surface area (Å²) >= 11 is 0. The van der Waals surface area contributed by atoms with Gasteiger partial charge in [0.1, 0.15) is 6.61 Å². The Labute approximate surface area is 344 Å². The number of allylic oxidation sites excluding steroid dienone is 6. The van der Waals surface area contributed by atoms with Crippen molar-refractivity contribution >= 4 is 49.0 Å². The summed E-state index contributed by atoms with van der Waals surface area (Å²) in [4.78, 5) is 23.2. The number of nitro benzene ring substituents is 1. The zero-order valence-electron chi connectivity index (χ0n) is 33.4. The van der Waals surface area contributed by atoms with E-state index in [1.807, 2.05) is 62.7 Å². The highest BCUT2D eigenvalue weighted by atomic mass is 32.2. The minimum absolute atomic E-state index is 0.00371. The molecule has 316 valence electrons.